The Balaban J connectivity index is 1.37. The number of hydrogen-bond donors (Lipinski definition) is 5. The van der Waals surface area contributed by atoms with Crippen molar-refractivity contribution in [3.63, 3.8) is 0 Å². The highest BCUT2D eigenvalue weighted by molar-refractivity contribution is 5.77. The molecule has 3 heterocycles. The first-order valence-corrected chi connectivity index (χ1v) is 15.8. The highest BCUT2D eigenvalue weighted by atomic mass is 16.4. The molecule has 1 aliphatic rings. The second kappa shape index (κ2) is 18.9. The van der Waals surface area contributed by atoms with E-state index in [1.807, 2.05) is 10.9 Å². The molecule has 1 fully saturated rings. The third kappa shape index (κ3) is 12.7. The zero-order valence-electron chi connectivity index (χ0n) is 25.9. The quantitative estimate of drug-likeness (QED) is 0.140. The van der Waals surface area contributed by atoms with Gasteiger partial charge in [-0.15, -0.1) is 5.10 Å². The largest absolute Gasteiger partial charge is 0.481 e. The van der Waals surface area contributed by atoms with Crippen LogP contribution in [0, 0.1) is 0 Å². The van der Waals surface area contributed by atoms with Crippen molar-refractivity contribution in [2.45, 2.75) is 90.8 Å². The predicted octanol–water partition coefficient (Wildman–Crippen LogP) is 2.09. The summed E-state index contributed by atoms with van der Waals surface area (Å²) in [6.07, 6.45) is 9.08. The van der Waals surface area contributed by atoms with E-state index in [0.29, 0.717) is 56.2 Å². The summed E-state index contributed by atoms with van der Waals surface area (Å²) in [5.41, 5.74) is 6.89. The summed E-state index contributed by atoms with van der Waals surface area (Å²) >= 11 is 0. The molecule has 3 rings (SSSR count). The van der Waals surface area contributed by atoms with Crippen LogP contribution in [-0.2, 0) is 22.7 Å². The summed E-state index contributed by atoms with van der Waals surface area (Å²) in [5.74, 6) is 0.585. The summed E-state index contributed by atoms with van der Waals surface area (Å²) in [4.78, 5) is 36.1. The standard InChI is InChI=1S/C29H51N11O3/c1-3-9-23(4-2)32-14-6-12-31-13-7-17-40-22-24(36-37-40)21-33-29-34-25(30)20-26(35-29)38-15-8-16-39(19-18-38)27(41)10-5-11-28(42)43/h20,22-23,31-32H,3-19,21H2,1-2H3,(H,42,43)(H3,30,33,34,35). The molecule has 0 bridgehead atoms. The van der Waals surface area contributed by atoms with E-state index in [2.05, 4.69) is 55.0 Å². The minimum atomic E-state index is -0.879. The minimum Gasteiger partial charge on any atom is -0.481 e. The molecule has 0 spiro atoms. The van der Waals surface area contributed by atoms with Crippen molar-refractivity contribution in [1.82, 2.24) is 40.5 Å². The number of aryl methyl sites for hydroxylation is 1. The van der Waals surface area contributed by atoms with Crippen LogP contribution in [0.5, 0.6) is 0 Å². The van der Waals surface area contributed by atoms with Gasteiger partial charge in [0.05, 0.1) is 12.7 Å². The average Bonchev–Trinajstić information content (AvgIpc) is 3.29. The number of aliphatic carboxylic acids is 1. The molecule has 1 aliphatic heterocycles. The Hall–Kier alpha value is -3.52. The number of nitrogens with two attached hydrogens (primary N) is 1. The van der Waals surface area contributed by atoms with Gasteiger partial charge < -0.3 is 36.6 Å². The first-order chi connectivity index (χ1) is 20.9. The van der Waals surface area contributed by atoms with Gasteiger partial charge in [-0.1, -0.05) is 25.5 Å². The molecule has 1 amide bonds. The first kappa shape index (κ1) is 34.0. The lowest BCUT2D eigenvalue weighted by atomic mass is 10.1. The van der Waals surface area contributed by atoms with E-state index in [9.17, 15) is 9.59 Å². The summed E-state index contributed by atoms with van der Waals surface area (Å²) in [6, 6.07) is 2.38. The molecular weight excluding hydrogens is 550 g/mol. The van der Waals surface area contributed by atoms with Crippen LogP contribution in [0.3, 0.4) is 0 Å². The molecule has 6 N–H and O–H groups in total. The minimum absolute atomic E-state index is 0.00661. The van der Waals surface area contributed by atoms with E-state index >= 15 is 0 Å². The second-order valence-electron chi connectivity index (χ2n) is 11.1. The van der Waals surface area contributed by atoms with Gasteiger partial charge >= 0.3 is 5.97 Å². The van der Waals surface area contributed by atoms with Crippen LogP contribution in [-0.4, -0.2) is 98.7 Å². The fourth-order valence-corrected chi connectivity index (χ4v) is 5.15. The lowest BCUT2D eigenvalue weighted by Gasteiger charge is -2.23. The summed E-state index contributed by atoms with van der Waals surface area (Å²) in [6.45, 7) is 11.2. The number of rotatable bonds is 20. The van der Waals surface area contributed by atoms with Gasteiger partial charge in [0.2, 0.25) is 11.9 Å². The number of carboxylic acid groups (broad SMARTS) is 1. The number of nitrogen functional groups attached to an aromatic ring is 1. The Morgan fingerprint density at radius 1 is 1.05 bits per heavy atom. The van der Waals surface area contributed by atoms with Crippen LogP contribution >= 0.6 is 0 Å². The summed E-state index contributed by atoms with van der Waals surface area (Å²) < 4.78 is 1.86. The SMILES string of the molecule is CCCC(CC)NCCCNCCCn1cc(CNc2nc(N)cc(N3CCCN(C(=O)CCCC(=O)O)CC3)n2)nn1. The van der Waals surface area contributed by atoms with E-state index in [4.69, 9.17) is 10.8 Å². The number of aromatic nitrogens is 5. The van der Waals surface area contributed by atoms with Gasteiger partial charge in [0, 0.05) is 57.7 Å². The zero-order chi connectivity index (χ0) is 30.9. The normalized spacial score (nSPS) is 14.5. The van der Waals surface area contributed by atoms with Crippen LogP contribution in [0.25, 0.3) is 0 Å². The number of hydrogen-bond acceptors (Lipinski definition) is 11. The molecule has 240 valence electrons. The molecule has 0 saturated carbocycles. The molecule has 0 aliphatic carbocycles. The number of anilines is 3. The molecule has 43 heavy (non-hydrogen) atoms. The van der Waals surface area contributed by atoms with Crippen LogP contribution in [0.15, 0.2) is 12.3 Å². The third-order valence-electron chi connectivity index (χ3n) is 7.53. The third-order valence-corrected chi connectivity index (χ3v) is 7.53. The van der Waals surface area contributed by atoms with Gasteiger partial charge in [-0.05, 0) is 58.2 Å². The lowest BCUT2D eigenvalue weighted by Crippen LogP contribution is -2.35. The molecule has 1 unspecified atom stereocenters. The molecule has 14 heteroatoms. The number of carbonyl (C=O) groups excluding carboxylic acids is 1. The number of carbonyl (C=O) groups is 2. The Bertz CT molecular complexity index is 1110. The molecule has 14 nitrogen and oxygen atoms in total. The maximum atomic E-state index is 12.5. The monoisotopic (exact) mass is 601 g/mol. The zero-order valence-corrected chi connectivity index (χ0v) is 25.9. The first-order valence-electron chi connectivity index (χ1n) is 15.8. The van der Waals surface area contributed by atoms with E-state index in [0.717, 1.165) is 57.7 Å². The lowest BCUT2D eigenvalue weighted by molar-refractivity contribution is -0.137. The van der Waals surface area contributed by atoms with Gasteiger partial charge in [0.25, 0.3) is 0 Å². The van der Waals surface area contributed by atoms with Crippen molar-refractivity contribution in [2.75, 3.05) is 61.8 Å². The maximum absolute atomic E-state index is 12.5. The topological polar surface area (TPSA) is 179 Å². The Labute approximate surface area is 255 Å². The van der Waals surface area contributed by atoms with Crippen molar-refractivity contribution >= 4 is 29.5 Å². The molecule has 1 saturated heterocycles. The van der Waals surface area contributed by atoms with Crippen molar-refractivity contribution in [3.8, 4) is 0 Å². The molecule has 2 aromatic heterocycles. The second-order valence-corrected chi connectivity index (χ2v) is 11.1. The number of carboxylic acids is 1. The molecular formula is C29H51N11O3. The van der Waals surface area contributed by atoms with Crippen LogP contribution in [0.4, 0.5) is 17.6 Å². The van der Waals surface area contributed by atoms with Gasteiger partial charge in [0.15, 0.2) is 0 Å². The van der Waals surface area contributed by atoms with Crippen molar-refractivity contribution in [1.29, 1.82) is 0 Å². The Kier molecular flexibility index (Phi) is 14.9. The van der Waals surface area contributed by atoms with Crippen LogP contribution in [0.2, 0.25) is 0 Å². The number of nitrogens with one attached hydrogen (secondary N) is 3. The van der Waals surface area contributed by atoms with Crippen molar-refractivity contribution in [2.24, 2.45) is 0 Å². The fourth-order valence-electron chi connectivity index (χ4n) is 5.15. The molecule has 2 aromatic rings. The smallest absolute Gasteiger partial charge is 0.303 e. The average molecular weight is 602 g/mol. The molecule has 0 radical (unpaired) electrons. The van der Waals surface area contributed by atoms with E-state index in [1.165, 1.54) is 19.3 Å². The van der Waals surface area contributed by atoms with Gasteiger partial charge in [-0.3, -0.25) is 14.3 Å². The van der Waals surface area contributed by atoms with Crippen LogP contribution < -0.4 is 26.6 Å². The van der Waals surface area contributed by atoms with E-state index < -0.39 is 5.97 Å². The highest BCUT2D eigenvalue weighted by Crippen LogP contribution is 2.19. The van der Waals surface area contributed by atoms with Crippen molar-refractivity contribution < 1.29 is 14.7 Å². The van der Waals surface area contributed by atoms with Gasteiger partial charge in [0.1, 0.15) is 17.3 Å². The van der Waals surface area contributed by atoms with Crippen LogP contribution in [0.1, 0.15) is 77.3 Å². The van der Waals surface area contributed by atoms with E-state index in [1.54, 1.807) is 11.0 Å². The van der Waals surface area contributed by atoms with Crippen molar-refractivity contribution in [3.05, 3.63) is 18.0 Å². The van der Waals surface area contributed by atoms with Gasteiger partial charge in [-0.2, -0.15) is 9.97 Å². The predicted molar refractivity (Wildman–Crippen MR) is 168 cm³/mol. The maximum Gasteiger partial charge on any atom is 0.303 e. The fraction of sp³-hybridized carbons (Fsp3) is 0.724. The number of amides is 1. The molecule has 1 atom stereocenters. The Morgan fingerprint density at radius 2 is 1.88 bits per heavy atom. The summed E-state index contributed by atoms with van der Waals surface area (Å²) in [7, 11) is 0. The summed E-state index contributed by atoms with van der Waals surface area (Å²) in [5, 5.41) is 27.7. The van der Waals surface area contributed by atoms with Gasteiger partial charge in [-0.25, -0.2) is 0 Å². The molecule has 0 aromatic carbocycles. The highest BCUT2D eigenvalue weighted by Gasteiger charge is 2.21. The van der Waals surface area contributed by atoms with E-state index in [-0.39, 0.29) is 18.7 Å². The Morgan fingerprint density at radius 3 is 2.67 bits per heavy atom. The number of nitrogens with zero attached hydrogens (tertiary/aromatic N) is 7.